The van der Waals surface area contributed by atoms with Gasteiger partial charge in [0.1, 0.15) is 11.2 Å². The summed E-state index contributed by atoms with van der Waals surface area (Å²) in [7, 11) is 0. The molecule has 1 amide bonds. The number of ether oxygens (including phenoxy) is 2. The van der Waals surface area contributed by atoms with Crippen LogP contribution in [0.25, 0.3) is 11.0 Å². The lowest BCUT2D eigenvalue weighted by Gasteiger charge is -2.19. The van der Waals surface area contributed by atoms with Crippen molar-refractivity contribution in [1.29, 1.82) is 0 Å². The van der Waals surface area contributed by atoms with Gasteiger partial charge in [0.25, 0.3) is 0 Å². The fraction of sp³-hybridized carbons (Fsp3) is 0.450. The number of aryl methyl sites for hydroxylation is 1. The minimum absolute atomic E-state index is 0.0503. The Morgan fingerprint density at radius 1 is 1.21 bits per heavy atom. The Hall–Kier alpha value is -2.54. The van der Waals surface area contributed by atoms with Crippen molar-refractivity contribution in [3.63, 3.8) is 0 Å². The molecule has 0 fully saturated rings. The Bertz CT molecular complexity index is 929. The van der Waals surface area contributed by atoms with Crippen molar-refractivity contribution < 1.29 is 23.5 Å². The van der Waals surface area contributed by atoms with Gasteiger partial charge in [0.05, 0.1) is 11.4 Å². The Morgan fingerprint density at radius 2 is 1.93 bits per heavy atom. The van der Waals surface area contributed by atoms with E-state index in [2.05, 4.69) is 5.32 Å². The van der Waals surface area contributed by atoms with Crippen LogP contribution < -0.4 is 15.7 Å². The maximum atomic E-state index is 12.0. The molecular weight excluding hydrogens is 386 g/mol. The van der Waals surface area contributed by atoms with E-state index >= 15 is 0 Å². The van der Waals surface area contributed by atoms with Gasteiger partial charge in [-0.25, -0.2) is 9.59 Å². The molecule has 2 aromatic rings. The number of hydrogen-bond acceptors (Lipinski definition) is 6. The van der Waals surface area contributed by atoms with E-state index < -0.39 is 23.3 Å². The fourth-order valence-corrected chi connectivity index (χ4v) is 2.74. The summed E-state index contributed by atoms with van der Waals surface area (Å²) < 4.78 is 15.5. The molecule has 0 bridgehead atoms. The number of esters is 1. The SMILES string of the molecule is CCCc1cc(=O)oc2cc(OC(=O)CCNC(=O)OC(C)(C)C)c(Cl)cc12. The first-order chi connectivity index (χ1) is 13.1. The first kappa shape index (κ1) is 21.8. The summed E-state index contributed by atoms with van der Waals surface area (Å²) in [6, 6.07) is 4.49. The topological polar surface area (TPSA) is 94.8 Å². The Kier molecular flexibility index (Phi) is 7.07. The van der Waals surface area contributed by atoms with Gasteiger partial charge in [0.15, 0.2) is 5.75 Å². The summed E-state index contributed by atoms with van der Waals surface area (Å²) >= 11 is 6.23. The first-order valence-corrected chi connectivity index (χ1v) is 9.40. The predicted molar refractivity (Wildman–Crippen MR) is 106 cm³/mol. The molecule has 0 radical (unpaired) electrons. The highest BCUT2D eigenvalue weighted by Gasteiger charge is 2.17. The molecule has 0 aliphatic rings. The molecule has 7 nitrogen and oxygen atoms in total. The molecule has 0 spiro atoms. The molecule has 0 unspecified atom stereocenters. The van der Waals surface area contributed by atoms with Gasteiger partial charge in [0, 0.05) is 24.1 Å². The molecule has 0 aliphatic carbocycles. The molecule has 28 heavy (non-hydrogen) atoms. The number of nitrogens with one attached hydrogen (secondary N) is 1. The summed E-state index contributed by atoms with van der Waals surface area (Å²) in [6.45, 7) is 7.28. The van der Waals surface area contributed by atoms with E-state index in [-0.39, 0.29) is 23.7 Å². The zero-order valence-electron chi connectivity index (χ0n) is 16.4. The summed E-state index contributed by atoms with van der Waals surface area (Å²) in [5.41, 5.74) is 0.0336. The lowest BCUT2D eigenvalue weighted by Crippen LogP contribution is -2.34. The number of halogens is 1. The van der Waals surface area contributed by atoms with Crippen LogP contribution in [0, 0.1) is 0 Å². The van der Waals surface area contributed by atoms with Gasteiger partial charge in [-0.05, 0) is 38.8 Å². The van der Waals surface area contributed by atoms with Crippen molar-refractivity contribution in [2.24, 2.45) is 0 Å². The number of hydrogen-bond donors (Lipinski definition) is 1. The molecule has 1 heterocycles. The number of benzene rings is 1. The highest BCUT2D eigenvalue weighted by molar-refractivity contribution is 6.33. The molecule has 8 heteroatoms. The zero-order valence-corrected chi connectivity index (χ0v) is 17.1. The van der Waals surface area contributed by atoms with Crippen LogP contribution in [0.5, 0.6) is 5.75 Å². The molecule has 1 aromatic heterocycles. The van der Waals surface area contributed by atoms with Crippen LogP contribution in [0.3, 0.4) is 0 Å². The van der Waals surface area contributed by atoms with Crippen LogP contribution in [0.1, 0.15) is 46.1 Å². The standard InChI is InChI=1S/C20H24ClNO6/c1-5-6-12-9-18(24)26-15-11-16(14(21)10-13(12)15)27-17(23)7-8-22-19(25)28-20(2,3)4/h9-11H,5-8H2,1-4H3,(H,22,25). The van der Waals surface area contributed by atoms with E-state index in [9.17, 15) is 14.4 Å². The van der Waals surface area contributed by atoms with Gasteiger partial charge in [-0.2, -0.15) is 0 Å². The molecule has 0 atom stereocenters. The van der Waals surface area contributed by atoms with Crippen molar-refractivity contribution >= 4 is 34.6 Å². The summed E-state index contributed by atoms with van der Waals surface area (Å²) in [5, 5.41) is 3.41. The second-order valence-electron chi connectivity index (χ2n) is 7.27. The highest BCUT2D eigenvalue weighted by atomic mass is 35.5. The average Bonchev–Trinajstić information content (AvgIpc) is 2.55. The molecule has 0 saturated carbocycles. The van der Waals surface area contributed by atoms with Gasteiger partial charge in [-0.15, -0.1) is 0 Å². The minimum atomic E-state index is -0.621. The third kappa shape index (κ3) is 6.27. The quantitative estimate of drug-likeness (QED) is 0.436. The minimum Gasteiger partial charge on any atom is -0.444 e. The van der Waals surface area contributed by atoms with Crippen LogP contribution in [0.2, 0.25) is 5.02 Å². The van der Waals surface area contributed by atoms with Crippen LogP contribution in [0.4, 0.5) is 4.79 Å². The predicted octanol–water partition coefficient (Wildman–Crippen LogP) is 4.22. The molecule has 1 N–H and O–H groups in total. The van der Waals surface area contributed by atoms with E-state index in [4.69, 9.17) is 25.5 Å². The third-order valence-electron chi connectivity index (χ3n) is 3.62. The second-order valence-corrected chi connectivity index (χ2v) is 7.68. The lowest BCUT2D eigenvalue weighted by molar-refractivity contribution is -0.134. The van der Waals surface area contributed by atoms with E-state index in [1.807, 2.05) is 6.92 Å². The van der Waals surface area contributed by atoms with Gasteiger partial charge in [-0.1, -0.05) is 24.9 Å². The maximum Gasteiger partial charge on any atom is 0.407 e. The number of carbonyl (C=O) groups is 2. The van der Waals surface area contributed by atoms with Crippen molar-refractivity contribution in [2.45, 2.75) is 52.6 Å². The van der Waals surface area contributed by atoms with Crippen LogP contribution >= 0.6 is 11.6 Å². The van der Waals surface area contributed by atoms with Crippen molar-refractivity contribution in [2.75, 3.05) is 6.54 Å². The highest BCUT2D eigenvalue weighted by Crippen LogP contribution is 2.31. The Balaban J connectivity index is 2.05. The van der Waals surface area contributed by atoms with E-state index in [1.165, 1.54) is 12.1 Å². The van der Waals surface area contributed by atoms with E-state index in [1.54, 1.807) is 26.8 Å². The van der Waals surface area contributed by atoms with Crippen LogP contribution in [-0.4, -0.2) is 24.2 Å². The smallest absolute Gasteiger partial charge is 0.407 e. The average molecular weight is 410 g/mol. The number of amides is 1. The van der Waals surface area contributed by atoms with E-state index in [0.717, 1.165) is 12.0 Å². The largest absolute Gasteiger partial charge is 0.444 e. The number of fused-ring (bicyclic) bond motifs is 1. The number of alkyl carbamates (subject to hydrolysis) is 1. The number of carbonyl (C=O) groups excluding carboxylic acids is 2. The first-order valence-electron chi connectivity index (χ1n) is 9.03. The van der Waals surface area contributed by atoms with Crippen molar-refractivity contribution in [3.05, 3.63) is 39.2 Å². The molecule has 2 rings (SSSR count). The summed E-state index contributed by atoms with van der Waals surface area (Å²) in [4.78, 5) is 35.3. The van der Waals surface area contributed by atoms with Crippen molar-refractivity contribution in [1.82, 2.24) is 5.32 Å². The van der Waals surface area contributed by atoms with Crippen LogP contribution in [0.15, 0.2) is 27.4 Å². The molecule has 0 aliphatic heterocycles. The lowest BCUT2D eigenvalue weighted by atomic mass is 10.1. The third-order valence-corrected chi connectivity index (χ3v) is 3.92. The molecule has 1 aromatic carbocycles. The van der Waals surface area contributed by atoms with E-state index in [0.29, 0.717) is 17.4 Å². The van der Waals surface area contributed by atoms with Gasteiger partial charge in [0.2, 0.25) is 0 Å². The van der Waals surface area contributed by atoms with Gasteiger partial charge >= 0.3 is 17.7 Å². The Morgan fingerprint density at radius 3 is 2.57 bits per heavy atom. The summed E-state index contributed by atoms with van der Waals surface area (Å²) in [6.07, 6.45) is 0.869. The monoisotopic (exact) mass is 409 g/mol. The second kappa shape index (κ2) is 9.10. The van der Waals surface area contributed by atoms with Gasteiger partial charge in [-0.3, -0.25) is 4.79 Å². The normalized spacial score (nSPS) is 11.3. The van der Waals surface area contributed by atoms with Crippen molar-refractivity contribution in [3.8, 4) is 5.75 Å². The summed E-state index contributed by atoms with van der Waals surface area (Å²) in [5.74, 6) is -0.502. The maximum absolute atomic E-state index is 12.0. The molecule has 152 valence electrons. The van der Waals surface area contributed by atoms with Gasteiger partial charge < -0.3 is 19.2 Å². The Labute approximate surface area is 167 Å². The molecular formula is C20H24ClNO6. The molecule has 0 saturated heterocycles. The zero-order chi connectivity index (χ0) is 20.9. The number of rotatable bonds is 6. The fourth-order valence-electron chi connectivity index (χ4n) is 2.54. The van der Waals surface area contributed by atoms with Crippen LogP contribution in [-0.2, 0) is 16.0 Å².